The predicted molar refractivity (Wildman–Crippen MR) is 166 cm³/mol. The number of anilines is 3. The number of carbonyl (C=O) groups is 1. The number of carbonyl (C=O) groups excluding carboxylic acids is 1. The maximum atomic E-state index is 12.2. The summed E-state index contributed by atoms with van der Waals surface area (Å²) in [5, 5.41) is 14.9. The quantitative estimate of drug-likeness (QED) is 0.421. The molecule has 4 aliphatic rings. The molecule has 0 aromatic carbocycles. The Morgan fingerprint density at radius 1 is 1.14 bits per heavy atom. The zero-order valence-corrected chi connectivity index (χ0v) is 25.4. The third kappa shape index (κ3) is 5.04. The van der Waals surface area contributed by atoms with Crippen molar-refractivity contribution >= 4 is 33.8 Å². The molecule has 1 unspecified atom stereocenters. The first-order chi connectivity index (χ1) is 20.9. The van der Waals surface area contributed by atoms with E-state index in [9.17, 15) is 10.1 Å². The molecule has 2 N–H and O–H groups in total. The summed E-state index contributed by atoms with van der Waals surface area (Å²) >= 11 is 1.49. The highest BCUT2D eigenvalue weighted by molar-refractivity contribution is 7.16. The van der Waals surface area contributed by atoms with Gasteiger partial charge in [-0.15, -0.1) is 11.3 Å². The average molecular weight is 600 g/mol. The highest BCUT2D eigenvalue weighted by Crippen LogP contribution is 2.48. The molecular formula is C31H37N9O2S. The smallest absolute Gasteiger partial charge is 0.246 e. The molecular weight excluding hydrogens is 562 g/mol. The van der Waals surface area contributed by atoms with Gasteiger partial charge < -0.3 is 25.0 Å². The van der Waals surface area contributed by atoms with Crippen molar-refractivity contribution in [1.29, 1.82) is 5.26 Å². The van der Waals surface area contributed by atoms with Crippen LogP contribution in [0.15, 0.2) is 29.3 Å². The molecule has 3 fully saturated rings. The number of hydrogen-bond donors (Lipinski definition) is 1. The number of rotatable bonds is 6. The van der Waals surface area contributed by atoms with Crippen molar-refractivity contribution in [3.63, 3.8) is 0 Å². The van der Waals surface area contributed by atoms with Crippen molar-refractivity contribution < 1.29 is 9.32 Å². The third-order valence-corrected chi connectivity index (χ3v) is 10.6. The van der Waals surface area contributed by atoms with Gasteiger partial charge in [-0.1, -0.05) is 11.7 Å². The molecule has 0 bridgehead atoms. The molecule has 43 heavy (non-hydrogen) atoms. The van der Waals surface area contributed by atoms with Gasteiger partial charge >= 0.3 is 0 Å². The highest BCUT2D eigenvalue weighted by atomic mass is 32.1. The number of amides is 1. The largest absolute Gasteiger partial charge is 0.389 e. The number of nitrogen functional groups attached to an aromatic ring is 1. The van der Waals surface area contributed by atoms with Crippen molar-refractivity contribution in [1.82, 2.24) is 24.9 Å². The number of fused-ring (bicyclic) bond motifs is 1. The topological polar surface area (TPSA) is 132 Å². The lowest BCUT2D eigenvalue weighted by Crippen LogP contribution is -2.49. The Balaban J connectivity index is 1.22. The molecule has 1 atom stereocenters. The number of piperazine rings is 2. The predicted octanol–water partition coefficient (Wildman–Crippen LogP) is 3.41. The Hall–Kier alpha value is -3.95. The first-order valence-corrected chi connectivity index (χ1v) is 16.0. The van der Waals surface area contributed by atoms with Crippen LogP contribution in [0.2, 0.25) is 0 Å². The van der Waals surface area contributed by atoms with Crippen molar-refractivity contribution in [2.24, 2.45) is 0 Å². The molecule has 2 aliphatic carbocycles. The second kappa shape index (κ2) is 11.0. The molecule has 0 spiro atoms. The highest BCUT2D eigenvalue weighted by Gasteiger charge is 2.43. The molecule has 0 radical (unpaired) electrons. The lowest BCUT2D eigenvalue weighted by molar-refractivity contribution is -0.126. The molecule has 12 heteroatoms. The summed E-state index contributed by atoms with van der Waals surface area (Å²) < 4.78 is 5.96. The zero-order valence-electron chi connectivity index (χ0n) is 24.6. The van der Waals surface area contributed by atoms with Crippen LogP contribution in [-0.2, 0) is 16.6 Å². The molecule has 3 aromatic rings. The standard InChI is InChI=1S/C31H37N9O2S/c1-3-26(41)40-15-11-38(12-16-40)21-17-23(34-25(18-21)39-13-9-37(10-14-39)20-6-7-20)29-35-30(42-36-29)31(2)8-4-5-24-27(31)22(19-32)28(33)43-24/h3,17-18,20H,1,4-16,33H2,2H3. The Morgan fingerprint density at radius 3 is 2.58 bits per heavy atom. The number of thiophene rings is 1. The first kappa shape index (κ1) is 27.9. The lowest BCUT2D eigenvalue weighted by atomic mass is 9.72. The van der Waals surface area contributed by atoms with E-state index in [2.05, 4.69) is 45.5 Å². The molecule has 2 saturated heterocycles. The van der Waals surface area contributed by atoms with Crippen LogP contribution < -0.4 is 15.5 Å². The van der Waals surface area contributed by atoms with E-state index in [0.29, 0.717) is 54.2 Å². The fourth-order valence-electron chi connectivity index (χ4n) is 6.89. The van der Waals surface area contributed by atoms with Crippen LogP contribution in [0.3, 0.4) is 0 Å². The zero-order chi connectivity index (χ0) is 29.7. The fourth-order valence-corrected chi connectivity index (χ4v) is 8.08. The van der Waals surface area contributed by atoms with Crippen LogP contribution in [0, 0.1) is 11.3 Å². The monoisotopic (exact) mass is 599 g/mol. The Labute approximate surface area is 255 Å². The van der Waals surface area contributed by atoms with Crippen LogP contribution in [0.4, 0.5) is 16.5 Å². The van der Waals surface area contributed by atoms with E-state index in [1.807, 2.05) is 11.0 Å². The van der Waals surface area contributed by atoms with Crippen molar-refractivity contribution in [3.05, 3.63) is 46.7 Å². The van der Waals surface area contributed by atoms with Gasteiger partial charge in [0.2, 0.25) is 17.6 Å². The summed E-state index contributed by atoms with van der Waals surface area (Å²) in [6.07, 6.45) is 6.66. The molecule has 7 rings (SSSR count). The maximum Gasteiger partial charge on any atom is 0.246 e. The second-order valence-electron chi connectivity index (χ2n) is 12.2. The normalized spacial score (nSPS) is 22.7. The number of nitrogens with zero attached hydrogens (tertiary/aromatic N) is 8. The summed E-state index contributed by atoms with van der Waals surface area (Å²) in [7, 11) is 0. The Kier molecular flexibility index (Phi) is 7.10. The second-order valence-corrected chi connectivity index (χ2v) is 13.3. The average Bonchev–Trinajstić information content (AvgIpc) is 3.66. The van der Waals surface area contributed by atoms with E-state index >= 15 is 0 Å². The molecule has 224 valence electrons. The summed E-state index contributed by atoms with van der Waals surface area (Å²) in [5.41, 5.74) is 8.80. The lowest BCUT2D eigenvalue weighted by Gasteiger charge is -2.38. The first-order valence-electron chi connectivity index (χ1n) is 15.2. The van der Waals surface area contributed by atoms with Gasteiger partial charge in [-0.05, 0) is 51.2 Å². The van der Waals surface area contributed by atoms with E-state index < -0.39 is 5.41 Å². The van der Waals surface area contributed by atoms with E-state index in [0.717, 1.165) is 73.4 Å². The van der Waals surface area contributed by atoms with Gasteiger partial charge in [-0.25, -0.2) is 4.98 Å². The number of pyridine rings is 1. The number of hydrogen-bond acceptors (Lipinski definition) is 11. The minimum atomic E-state index is -0.592. The number of nitriles is 1. The van der Waals surface area contributed by atoms with Gasteiger partial charge in [-0.3, -0.25) is 9.69 Å². The minimum absolute atomic E-state index is 0.0325. The number of nitrogens with two attached hydrogens (primary N) is 1. The summed E-state index contributed by atoms with van der Waals surface area (Å²) in [5.74, 6) is 1.80. The van der Waals surface area contributed by atoms with Gasteiger partial charge in [-0.2, -0.15) is 10.2 Å². The summed E-state index contributed by atoms with van der Waals surface area (Å²) in [6, 6.07) is 7.26. The Morgan fingerprint density at radius 2 is 1.88 bits per heavy atom. The SMILES string of the molecule is C=CC(=O)N1CCN(c2cc(-c3noc(C4(C)CCCc5sc(N)c(C#N)c54)n3)nc(N3CCN(C4CC4)CC3)c2)CC1. The van der Waals surface area contributed by atoms with Gasteiger partial charge in [0.1, 0.15) is 22.6 Å². The molecule has 11 nitrogen and oxygen atoms in total. The number of aromatic nitrogens is 3. The maximum absolute atomic E-state index is 12.2. The van der Waals surface area contributed by atoms with Gasteiger partial charge in [0.05, 0.1) is 11.0 Å². The minimum Gasteiger partial charge on any atom is -0.389 e. The van der Waals surface area contributed by atoms with Crippen LogP contribution in [0.1, 0.15) is 54.5 Å². The van der Waals surface area contributed by atoms with E-state index in [1.54, 1.807) is 0 Å². The summed E-state index contributed by atoms with van der Waals surface area (Å²) in [6.45, 7) is 12.3. The van der Waals surface area contributed by atoms with Crippen LogP contribution in [0.25, 0.3) is 11.5 Å². The van der Waals surface area contributed by atoms with Crippen LogP contribution in [0.5, 0.6) is 0 Å². The van der Waals surface area contributed by atoms with Crippen molar-refractivity contribution in [3.8, 4) is 17.6 Å². The van der Waals surface area contributed by atoms with Crippen molar-refractivity contribution in [2.45, 2.75) is 50.5 Å². The molecule has 2 aliphatic heterocycles. The Bertz CT molecular complexity index is 1590. The third-order valence-electron chi connectivity index (χ3n) is 9.51. The van der Waals surface area contributed by atoms with Crippen molar-refractivity contribution in [2.75, 3.05) is 67.9 Å². The van der Waals surface area contributed by atoms with Gasteiger partial charge in [0.25, 0.3) is 0 Å². The van der Waals surface area contributed by atoms with Gasteiger partial charge in [0.15, 0.2) is 0 Å². The van der Waals surface area contributed by atoms with E-state index in [1.165, 1.54) is 30.3 Å². The number of aryl methyl sites for hydroxylation is 1. The fraction of sp³-hybridized carbons (Fsp3) is 0.516. The molecule has 5 heterocycles. The molecule has 3 aromatic heterocycles. The van der Waals surface area contributed by atoms with Crippen LogP contribution in [-0.4, -0.2) is 89.2 Å². The van der Waals surface area contributed by atoms with Gasteiger partial charge in [0, 0.05) is 80.6 Å². The van der Waals surface area contributed by atoms with E-state index in [4.69, 9.17) is 20.2 Å². The molecule has 1 saturated carbocycles. The van der Waals surface area contributed by atoms with E-state index in [-0.39, 0.29) is 5.91 Å². The summed E-state index contributed by atoms with van der Waals surface area (Å²) in [4.78, 5) is 32.4. The molecule has 1 amide bonds. The van der Waals surface area contributed by atoms with Crippen LogP contribution >= 0.6 is 11.3 Å².